The maximum atomic E-state index is 14.4. The normalized spacial score (nSPS) is 15.5. The first kappa shape index (κ1) is 77.0. The highest BCUT2D eigenvalue weighted by atomic mass is 35.6. The van der Waals surface area contributed by atoms with Gasteiger partial charge in [0.2, 0.25) is 21.5 Å². The molecule has 0 fully saturated rings. The molecule has 5 amide bonds. The van der Waals surface area contributed by atoms with E-state index in [0.717, 1.165) is 27.2 Å². The van der Waals surface area contributed by atoms with E-state index in [1.165, 1.54) is 44.8 Å². The number of terminal acetylenes is 1. The van der Waals surface area contributed by atoms with Gasteiger partial charge >= 0.3 is 24.0 Å². The molecule has 91 heavy (non-hydrogen) atoms. The summed E-state index contributed by atoms with van der Waals surface area (Å²) in [6.45, 7) is 23.4. The number of carbonyl (C=O) groups is 8. The van der Waals surface area contributed by atoms with Crippen LogP contribution >= 0.6 is 34.8 Å². The van der Waals surface area contributed by atoms with E-state index in [1.54, 1.807) is 50.3 Å². The van der Waals surface area contributed by atoms with Crippen LogP contribution in [0.5, 0.6) is 0 Å². The van der Waals surface area contributed by atoms with E-state index in [4.69, 9.17) is 64.6 Å². The maximum Gasteiger partial charge on any atom is 0.410 e. The van der Waals surface area contributed by atoms with Gasteiger partial charge in [-0.1, -0.05) is 182 Å². The van der Waals surface area contributed by atoms with Crippen molar-refractivity contribution in [2.24, 2.45) is 17.8 Å². The van der Waals surface area contributed by atoms with E-state index in [2.05, 4.69) is 50.4 Å². The fourth-order valence-electron chi connectivity index (χ4n) is 10.2. The van der Waals surface area contributed by atoms with E-state index in [0.29, 0.717) is 31.2 Å². The highest BCUT2D eigenvalue weighted by Crippen LogP contribution is 2.45. The zero-order valence-electron chi connectivity index (χ0n) is 55.9. The molecular formula is C69H96Cl3N5O13Si. The zero-order valence-corrected chi connectivity index (χ0v) is 59.1. The lowest BCUT2D eigenvalue weighted by Crippen LogP contribution is -2.56. The van der Waals surface area contributed by atoms with Gasteiger partial charge in [0, 0.05) is 57.8 Å². The number of likely N-dealkylation sites (N-methyl/N-ethyl adjacent to an activating group) is 3. The van der Waals surface area contributed by atoms with Gasteiger partial charge in [-0.15, -0.1) is 12.3 Å². The topological polar surface area (TPSA) is 216 Å². The molecule has 1 aliphatic rings. The summed E-state index contributed by atoms with van der Waals surface area (Å²) in [6, 6.07) is 20.3. The molecule has 0 saturated heterocycles. The van der Waals surface area contributed by atoms with Crippen LogP contribution in [0.1, 0.15) is 137 Å². The fourth-order valence-corrected chi connectivity index (χ4v) is 11.8. The van der Waals surface area contributed by atoms with Gasteiger partial charge in [0.25, 0.3) is 5.91 Å². The Morgan fingerprint density at radius 2 is 1.34 bits per heavy atom. The Balaban J connectivity index is 1.55. The van der Waals surface area contributed by atoms with Crippen molar-refractivity contribution in [1.82, 2.24) is 25.3 Å². The molecule has 0 aliphatic heterocycles. The van der Waals surface area contributed by atoms with Crippen LogP contribution in [-0.4, -0.2) is 158 Å². The second-order valence-corrected chi connectivity index (χ2v) is 33.1. The molecule has 0 aromatic heterocycles. The van der Waals surface area contributed by atoms with Crippen molar-refractivity contribution in [2.45, 2.75) is 191 Å². The smallest absolute Gasteiger partial charge is 0.410 e. The summed E-state index contributed by atoms with van der Waals surface area (Å²) in [5.74, 6) is -3.63. The second-order valence-electron chi connectivity index (χ2n) is 25.8. The van der Waals surface area contributed by atoms with E-state index >= 15 is 0 Å². The first-order valence-electron chi connectivity index (χ1n) is 31.2. The number of esters is 3. The van der Waals surface area contributed by atoms with Crippen LogP contribution in [0.4, 0.5) is 4.79 Å². The van der Waals surface area contributed by atoms with Crippen LogP contribution in [0.2, 0.25) is 18.1 Å². The number of ether oxygens (including phenoxy) is 4. The molecule has 0 saturated carbocycles. The minimum atomic E-state index is -2.45. The molecule has 500 valence electrons. The van der Waals surface area contributed by atoms with E-state index in [9.17, 15) is 38.4 Å². The molecule has 3 aromatic carbocycles. The summed E-state index contributed by atoms with van der Waals surface area (Å²) in [6.07, 6.45) is 6.15. The number of fused-ring (bicyclic) bond motifs is 3. The summed E-state index contributed by atoms with van der Waals surface area (Å²) >= 11 is 17.4. The maximum absolute atomic E-state index is 14.4. The average molecular weight is 1340 g/mol. The molecule has 4 rings (SSSR count). The predicted octanol–water partition coefficient (Wildman–Crippen LogP) is 11.8. The number of nitrogens with zero attached hydrogens (tertiary/aromatic N) is 3. The average Bonchev–Trinajstić information content (AvgIpc) is 1.74. The Morgan fingerprint density at radius 1 is 0.758 bits per heavy atom. The first-order chi connectivity index (χ1) is 42.5. The number of alkyl halides is 3. The van der Waals surface area contributed by atoms with Crippen LogP contribution < -0.4 is 10.6 Å². The molecule has 2 N–H and O–H groups in total. The monoisotopic (exact) mass is 1340 g/mol. The highest BCUT2D eigenvalue weighted by Gasteiger charge is 2.43. The number of unbranched alkanes of at least 4 members (excludes halogenated alkanes) is 1. The summed E-state index contributed by atoms with van der Waals surface area (Å²) in [5, 5.41) is 5.16. The molecule has 1 aliphatic carbocycles. The number of hydrogen-bond donors (Lipinski definition) is 2. The van der Waals surface area contributed by atoms with Crippen LogP contribution in [0.15, 0.2) is 90.5 Å². The van der Waals surface area contributed by atoms with Crippen molar-refractivity contribution in [3.8, 4) is 23.5 Å². The SMILES string of the molecule is C#CCCC[C@@H](O[Si](C)(C)C(C)(C)C)[C@@H](C)[C@H](C/C=C(\C)C(=O)O[C@H](CC(C)C)C(=O)N[C@@H](C)C(=O)N(C)[C@H](Cc1ccccc1)C(=O)N(C)CC(=O)N[C@H](C(=O)OCC(Cl)(Cl)Cl)[C@@H](C)CC)OC(=O)[C@H](C)N(C)C(=O)OCC1c2ccccc2-c2ccccc21. The summed E-state index contributed by atoms with van der Waals surface area (Å²) in [5.41, 5.74) is 5.04. The fraction of sp³-hybridized carbons (Fsp3) is 0.565. The van der Waals surface area contributed by atoms with Crippen LogP contribution in [-0.2, 0) is 63.4 Å². The van der Waals surface area contributed by atoms with Gasteiger partial charge < -0.3 is 43.8 Å². The summed E-state index contributed by atoms with van der Waals surface area (Å²) < 4.78 is 28.6. The van der Waals surface area contributed by atoms with Gasteiger partial charge in [0.05, 0.1) is 12.6 Å². The molecule has 18 nitrogen and oxygen atoms in total. The van der Waals surface area contributed by atoms with Crippen LogP contribution in [0, 0.1) is 30.1 Å². The van der Waals surface area contributed by atoms with Crippen molar-refractivity contribution in [3.63, 3.8) is 0 Å². The largest absolute Gasteiger partial charge is 0.460 e. The minimum Gasteiger partial charge on any atom is -0.460 e. The Kier molecular flexibility index (Phi) is 29.6. The number of amides is 5. The first-order valence-corrected chi connectivity index (χ1v) is 35.2. The van der Waals surface area contributed by atoms with Gasteiger partial charge in [-0.3, -0.25) is 24.1 Å². The molecule has 3 aromatic rings. The number of halogens is 3. The molecule has 0 radical (unpaired) electrons. The predicted molar refractivity (Wildman–Crippen MR) is 358 cm³/mol. The van der Waals surface area contributed by atoms with Crippen molar-refractivity contribution in [3.05, 3.63) is 107 Å². The molecule has 22 heteroatoms. The standard InChI is InChI=1S/C69H96Cl3N5O13Si/c1-18-20-22-35-57(90-91(16,17)68(10,11)12)46(7)56(88-65(83)48(9)76(14)67(85)86-41-54-52-33-27-25-31-50(52)51-32-26-28-34-53(51)54)37-36-45(6)64(82)89-58(38-43(3)4)61(79)73-47(8)62(80)77(15)55(39-49-29-23-21-24-30-49)63(81)75(13)40-59(78)74-60(44(5)19-2)66(84)87-42-69(70,71)72/h1,21,23-34,36,43-44,46-48,54-58,60H,19-20,22,35,37-42H2,2-17H3,(H,73,79)(H,74,78)/b45-36+/t44-,46-,47-,48-,55+,56-,57+,58+,60-/m0/s1. The van der Waals surface area contributed by atoms with Gasteiger partial charge in [0.15, 0.2) is 14.4 Å². The third kappa shape index (κ3) is 22.7. The van der Waals surface area contributed by atoms with Gasteiger partial charge in [-0.05, 0) is 97.8 Å². The Labute approximate surface area is 555 Å². The lowest BCUT2D eigenvalue weighted by atomic mass is 9.91. The number of nitrogens with one attached hydrogen (secondary N) is 2. The lowest BCUT2D eigenvalue weighted by Gasteiger charge is -2.42. The highest BCUT2D eigenvalue weighted by molar-refractivity contribution is 6.74. The van der Waals surface area contributed by atoms with Crippen molar-refractivity contribution in [1.29, 1.82) is 0 Å². The van der Waals surface area contributed by atoms with Gasteiger partial charge in [0.1, 0.15) is 43.5 Å². The number of hydrogen-bond acceptors (Lipinski definition) is 13. The third-order valence-corrected chi connectivity index (χ3v) is 22.1. The van der Waals surface area contributed by atoms with Gasteiger partial charge in [-0.2, -0.15) is 0 Å². The zero-order chi connectivity index (χ0) is 68.3. The van der Waals surface area contributed by atoms with E-state index in [1.807, 2.05) is 76.2 Å². The molecule has 0 spiro atoms. The van der Waals surface area contributed by atoms with Crippen molar-refractivity contribution < 1.29 is 61.7 Å². The Morgan fingerprint density at radius 3 is 1.89 bits per heavy atom. The molecule has 0 bridgehead atoms. The Hall–Kier alpha value is -6.43. The number of rotatable bonds is 32. The second kappa shape index (κ2) is 35.0. The Bertz CT molecular complexity index is 3010. The van der Waals surface area contributed by atoms with Crippen LogP contribution in [0.25, 0.3) is 11.1 Å². The third-order valence-electron chi connectivity index (χ3n) is 17.3. The summed E-state index contributed by atoms with van der Waals surface area (Å²) in [4.78, 5) is 115. The molecule has 0 unspecified atom stereocenters. The number of carbonyl (C=O) groups excluding carboxylic acids is 8. The van der Waals surface area contributed by atoms with Crippen LogP contribution in [0.3, 0.4) is 0 Å². The quantitative estimate of drug-likeness (QED) is 0.0113. The van der Waals surface area contributed by atoms with Crippen molar-refractivity contribution in [2.75, 3.05) is 40.9 Å². The van der Waals surface area contributed by atoms with E-state index in [-0.39, 0.29) is 48.3 Å². The summed E-state index contributed by atoms with van der Waals surface area (Å²) in [7, 11) is 1.84. The lowest BCUT2D eigenvalue weighted by molar-refractivity contribution is -0.158. The van der Waals surface area contributed by atoms with E-state index < -0.39 is 127 Å². The van der Waals surface area contributed by atoms with Crippen molar-refractivity contribution >= 4 is 90.8 Å². The molecule has 0 heterocycles. The number of benzene rings is 3. The molecule has 9 atom stereocenters. The molecular weight excluding hydrogens is 1240 g/mol. The van der Waals surface area contributed by atoms with Gasteiger partial charge in [-0.25, -0.2) is 19.2 Å². The minimum absolute atomic E-state index is 0.0101.